The molecule has 0 radical (unpaired) electrons. The largest absolute Gasteiger partial charge is 0.344 e. The fraction of sp³-hybridized carbons (Fsp3) is 0.400. The minimum Gasteiger partial charge on any atom is -0.344 e. The van der Waals surface area contributed by atoms with Crippen LogP contribution in [-0.4, -0.2) is 9.97 Å². The third kappa shape index (κ3) is 3.45. The SMILES string of the molecule is CCCCC(N)c1nc(-c2cccc(Br)c2)c(C)[nH]1. The summed E-state index contributed by atoms with van der Waals surface area (Å²) >= 11 is 3.49. The van der Waals surface area contributed by atoms with Gasteiger partial charge in [0.2, 0.25) is 0 Å². The maximum absolute atomic E-state index is 6.17. The fourth-order valence-electron chi connectivity index (χ4n) is 2.14. The third-order valence-corrected chi connectivity index (χ3v) is 3.71. The normalized spacial score (nSPS) is 12.6. The Kier molecular flexibility index (Phi) is 4.77. The zero-order valence-electron chi connectivity index (χ0n) is 11.4. The average molecular weight is 322 g/mol. The van der Waals surface area contributed by atoms with Crippen molar-refractivity contribution in [3.05, 3.63) is 40.3 Å². The number of aromatic nitrogens is 2. The van der Waals surface area contributed by atoms with E-state index >= 15 is 0 Å². The summed E-state index contributed by atoms with van der Waals surface area (Å²) in [5.41, 5.74) is 9.34. The monoisotopic (exact) mass is 321 g/mol. The van der Waals surface area contributed by atoms with E-state index in [0.29, 0.717) is 0 Å². The van der Waals surface area contributed by atoms with E-state index in [9.17, 15) is 0 Å². The Bertz CT molecular complexity index is 548. The first-order valence-electron chi connectivity index (χ1n) is 6.69. The molecule has 4 heteroatoms. The fourth-order valence-corrected chi connectivity index (χ4v) is 2.54. The molecule has 2 aromatic rings. The summed E-state index contributed by atoms with van der Waals surface area (Å²) in [5.74, 6) is 0.890. The number of nitrogens with one attached hydrogen (secondary N) is 1. The number of aromatic amines is 1. The van der Waals surface area contributed by atoms with Crippen LogP contribution in [0, 0.1) is 6.92 Å². The lowest BCUT2D eigenvalue weighted by molar-refractivity contribution is 0.579. The molecular formula is C15H20BrN3. The summed E-state index contributed by atoms with van der Waals surface area (Å²) in [6.07, 6.45) is 3.26. The van der Waals surface area contributed by atoms with Crippen LogP contribution in [0.2, 0.25) is 0 Å². The maximum atomic E-state index is 6.17. The Labute approximate surface area is 122 Å². The number of benzene rings is 1. The van der Waals surface area contributed by atoms with Gasteiger partial charge in [0, 0.05) is 15.7 Å². The van der Waals surface area contributed by atoms with E-state index in [4.69, 9.17) is 5.73 Å². The Morgan fingerprint density at radius 1 is 1.42 bits per heavy atom. The molecule has 102 valence electrons. The van der Waals surface area contributed by atoms with Gasteiger partial charge in [-0.15, -0.1) is 0 Å². The molecule has 1 aromatic carbocycles. The molecule has 0 aliphatic heterocycles. The molecular weight excluding hydrogens is 302 g/mol. The maximum Gasteiger partial charge on any atom is 0.123 e. The van der Waals surface area contributed by atoms with Gasteiger partial charge >= 0.3 is 0 Å². The van der Waals surface area contributed by atoms with Crippen molar-refractivity contribution in [2.75, 3.05) is 0 Å². The Morgan fingerprint density at radius 3 is 2.89 bits per heavy atom. The van der Waals surface area contributed by atoms with Crippen LogP contribution in [-0.2, 0) is 0 Å². The summed E-state index contributed by atoms with van der Waals surface area (Å²) in [7, 11) is 0. The van der Waals surface area contributed by atoms with Crippen molar-refractivity contribution in [3.8, 4) is 11.3 Å². The molecule has 3 N–H and O–H groups in total. The van der Waals surface area contributed by atoms with Gasteiger partial charge in [-0.3, -0.25) is 0 Å². The molecule has 0 saturated heterocycles. The standard InChI is InChI=1S/C15H20BrN3/c1-3-4-8-13(17)15-18-10(2)14(19-15)11-6-5-7-12(16)9-11/h5-7,9,13H,3-4,8,17H2,1-2H3,(H,18,19). The Balaban J connectivity index is 2.26. The van der Waals surface area contributed by atoms with Crippen LogP contribution >= 0.6 is 15.9 Å². The number of unbranched alkanes of at least 4 members (excludes halogenated alkanes) is 1. The Hall–Kier alpha value is -1.13. The summed E-state index contributed by atoms with van der Waals surface area (Å²) in [6, 6.07) is 8.17. The van der Waals surface area contributed by atoms with E-state index in [0.717, 1.165) is 46.5 Å². The molecule has 1 atom stereocenters. The lowest BCUT2D eigenvalue weighted by Gasteiger charge is -2.06. The topological polar surface area (TPSA) is 54.7 Å². The van der Waals surface area contributed by atoms with Gasteiger partial charge in [0.25, 0.3) is 0 Å². The van der Waals surface area contributed by atoms with Gasteiger partial charge in [0.15, 0.2) is 0 Å². The number of halogens is 1. The number of rotatable bonds is 5. The second kappa shape index (κ2) is 6.35. The zero-order chi connectivity index (χ0) is 13.8. The van der Waals surface area contributed by atoms with Crippen LogP contribution in [0.15, 0.2) is 28.7 Å². The van der Waals surface area contributed by atoms with Gasteiger partial charge in [-0.2, -0.15) is 0 Å². The number of hydrogen-bond acceptors (Lipinski definition) is 2. The van der Waals surface area contributed by atoms with Gasteiger partial charge in [0.1, 0.15) is 5.82 Å². The molecule has 19 heavy (non-hydrogen) atoms. The second-order valence-electron chi connectivity index (χ2n) is 4.85. The first-order valence-corrected chi connectivity index (χ1v) is 7.49. The van der Waals surface area contributed by atoms with Crippen LogP contribution in [0.4, 0.5) is 0 Å². The number of H-pyrrole nitrogens is 1. The summed E-state index contributed by atoms with van der Waals surface area (Å²) in [5, 5.41) is 0. The molecule has 0 spiro atoms. The molecule has 1 aromatic heterocycles. The second-order valence-corrected chi connectivity index (χ2v) is 5.77. The third-order valence-electron chi connectivity index (χ3n) is 3.22. The smallest absolute Gasteiger partial charge is 0.123 e. The number of nitrogens with two attached hydrogens (primary N) is 1. The van der Waals surface area contributed by atoms with Gasteiger partial charge in [-0.25, -0.2) is 4.98 Å². The van der Waals surface area contributed by atoms with Gasteiger partial charge < -0.3 is 10.7 Å². The molecule has 0 saturated carbocycles. The molecule has 2 rings (SSSR count). The zero-order valence-corrected chi connectivity index (χ0v) is 13.0. The quantitative estimate of drug-likeness (QED) is 0.860. The van der Waals surface area contributed by atoms with E-state index in [1.165, 1.54) is 0 Å². The summed E-state index contributed by atoms with van der Waals surface area (Å²) in [6.45, 7) is 4.21. The summed E-state index contributed by atoms with van der Waals surface area (Å²) in [4.78, 5) is 7.99. The van der Waals surface area contributed by atoms with Crippen molar-refractivity contribution in [1.82, 2.24) is 9.97 Å². The summed E-state index contributed by atoms with van der Waals surface area (Å²) < 4.78 is 1.06. The van der Waals surface area contributed by atoms with E-state index in [2.05, 4.69) is 45.0 Å². The Morgan fingerprint density at radius 2 is 2.21 bits per heavy atom. The highest BCUT2D eigenvalue weighted by Crippen LogP contribution is 2.26. The molecule has 0 aliphatic rings. The first kappa shape index (κ1) is 14.3. The number of nitrogens with zero attached hydrogens (tertiary/aromatic N) is 1. The molecule has 1 heterocycles. The van der Waals surface area contributed by atoms with Crippen molar-refractivity contribution in [3.63, 3.8) is 0 Å². The van der Waals surface area contributed by atoms with Crippen molar-refractivity contribution >= 4 is 15.9 Å². The number of aryl methyl sites for hydroxylation is 1. The van der Waals surface area contributed by atoms with Crippen molar-refractivity contribution in [1.29, 1.82) is 0 Å². The van der Waals surface area contributed by atoms with Crippen LogP contribution in [0.1, 0.15) is 43.7 Å². The predicted molar refractivity (Wildman–Crippen MR) is 82.9 cm³/mol. The molecule has 0 amide bonds. The highest BCUT2D eigenvalue weighted by atomic mass is 79.9. The molecule has 0 fully saturated rings. The van der Waals surface area contributed by atoms with Gasteiger partial charge in [-0.05, 0) is 25.5 Å². The van der Waals surface area contributed by atoms with Crippen LogP contribution in [0.3, 0.4) is 0 Å². The van der Waals surface area contributed by atoms with Crippen molar-refractivity contribution < 1.29 is 0 Å². The van der Waals surface area contributed by atoms with Crippen molar-refractivity contribution in [2.24, 2.45) is 5.73 Å². The van der Waals surface area contributed by atoms with E-state index < -0.39 is 0 Å². The predicted octanol–water partition coefficient (Wildman–Crippen LogP) is 4.34. The van der Waals surface area contributed by atoms with Crippen molar-refractivity contribution in [2.45, 2.75) is 39.2 Å². The lowest BCUT2D eigenvalue weighted by atomic mass is 10.1. The highest BCUT2D eigenvalue weighted by molar-refractivity contribution is 9.10. The molecule has 1 unspecified atom stereocenters. The molecule has 0 aliphatic carbocycles. The molecule has 0 bridgehead atoms. The number of hydrogen-bond donors (Lipinski definition) is 2. The average Bonchev–Trinajstić information content (AvgIpc) is 2.78. The first-order chi connectivity index (χ1) is 9.11. The van der Waals surface area contributed by atoms with E-state index in [-0.39, 0.29) is 6.04 Å². The van der Waals surface area contributed by atoms with Gasteiger partial charge in [-0.1, -0.05) is 47.8 Å². The minimum absolute atomic E-state index is 0.000414. The van der Waals surface area contributed by atoms with Crippen LogP contribution < -0.4 is 5.73 Å². The minimum atomic E-state index is -0.000414. The van der Waals surface area contributed by atoms with Crippen LogP contribution in [0.5, 0.6) is 0 Å². The van der Waals surface area contributed by atoms with Gasteiger partial charge in [0.05, 0.1) is 11.7 Å². The van der Waals surface area contributed by atoms with E-state index in [1.54, 1.807) is 0 Å². The van der Waals surface area contributed by atoms with E-state index in [1.807, 2.05) is 19.1 Å². The highest BCUT2D eigenvalue weighted by Gasteiger charge is 2.14. The number of imidazole rings is 1. The lowest BCUT2D eigenvalue weighted by Crippen LogP contribution is -2.11. The molecule has 3 nitrogen and oxygen atoms in total. The van der Waals surface area contributed by atoms with Crippen LogP contribution in [0.25, 0.3) is 11.3 Å².